The van der Waals surface area contributed by atoms with Crippen molar-refractivity contribution >= 4 is 23.3 Å². The molecule has 1 aromatic heterocycles. The first-order valence-electron chi connectivity index (χ1n) is 11.0. The first-order valence-corrected chi connectivity index (χ1v) is 11.0. The van der Waals surface area contributed by atoms with E-state index in [0.717, 1.165) is 24.2 Å². The van der Waals surface area contributed by atoms with Gasteiger partial charge in [-0.1, -0.05) is 24.3 Å². The van der Waals surface area contributed by atoms with E-state index in [0.29, 0.717) is 35.9 Å². The molecular weight excluding hydrogens is 418 g/mol. The van der Waals surface area contributed by atoms with Gasteiger partial charge in [0.25, 0.3) is 5.91 Å². The number of nitrogens with zero attached hydrogens (tertiary/aromatic N) is 1. The van der Waals surface area contributed by atoms with Gasteiger partial charge in [-0.05, 0) is 61.7 Å². The predicted octanol–water partition coefficient (Wildman–Crippen LogP) is 4.02. The molecule has 2 amide bonds. The van der Waals surface area contributed by atoms with Crippen LogP contribution in [-0.2, 0) is 17.9 Å². The minimum atomic E-state index is -0.192. The number of nitrogens with one attached hydrogen (secondary N) is 2. The van der Waals surface area contributed by atoms with Crippen LogP contribution in [0.5, 0.6) is 0 Å². The first-order chi connectivity index (χ1) is 16.0. The third-order valence-corrected chi connectivity index (χ3v) is 5.41. The fraction of sp³-hybridized carbons (Fsp3) is 0.269. The number of ketones is 1. The van der Waals surface area contributed by atoms with Crippen LogP contribution in [0.25, 0.3) is 0 Å². The molecule has 1 heterocycles. The summed E-state index contributed by atoms with van der Waals surface area (Å²) in [5.74, 6) is 0.452. The van der Waals surface area contributed by atoms with E-state index in [-0.39, 0.29) is 24.1 Å². The van der Waals surface area contributed by atoms with Crippen LogP contribution in [0, 0.1) is 0 Å². The van der Waals surface area contributed by atoms with Crippen molar-refractivity contribution in [1.29, 1.82) is 0 Å². The number of carbonyl (C=O) groups is 3. The minimum Gasteiger partial charge on any atom is -0.468 e. The molecule has 2 N–H and O–H groups in total. The summed E-state index contributed by atoms with van der Waals surface area (Å²) >= 11 is 0. The third kappa shape index (κ3) is 6.63. The molecule has 7 nitrogen and oxygen atoms in total. The van der Waals surface area contributed by atoms with Crippen molar-refractivity contribution in [2.45, 2.75) is 38.9 Å². The van der Waals surface area contributed by atoms with Gasteiger partial charge >= 0.3 is 0 Å². The summed E-state index contributed by atoms with van der Waals surface area (Å²) in [5.41, 5.74) is 2.74. The van der Waals surface area contributed by atoms with Gasteiger partial charge in [0.15, 0.2) is 5.78 Å². The lowest BCUT2D eigenvalue weighted by Crippen LogP contribution is -2.32. The first kappa shape index (κ1) is 22.5. The van der Waals surface area contributed by atoms with E-state index in [1.807, 2.05) is 41.3 Å². The number of hydrogen-bond donors (Lipinski definition) is 2. The van der Waals surface area contributed by atoms with E-state index < -0.39 is 0 Å². The third-order valence-electron chi connectivity index (χ3n) is 5.41. The fourth-order valence-electron chi connectivity index (χ4n) is 3.53. The van der Waals surface area contributed by atoms with Crippen LogP contribution < -0.4 is 10.6 Å². The Labute approximate surface area is 192 Å². The van der Waals surface area contributed by atoms with E-state index in [2.05, 4.69) is 10.6 Å². The molecule has 0 unspecified atom stereocenters. The second-order valence-electron chi connectivity index (χ2n) is 8.35. The number of benzene rings is 2. The van der Waals surface area contributed by atoms with Crippen LogP contribution in [0.3, 0.4) is 0 Å². The van der Waals surface area contributed by atoms with E-state index in [1.54, 1.807) is 30.5 Å². The van der Waals surface area contributed by atoms with Gasteiger partial charge in [0.1, 0.15) is 5.76 Å². The highest BCUT2D eigenvalue weighted by atomic mass is 16.3. The maximum atomic E-state index is 12.8. The number of anilines is 1. The molecular formula is C26H27N3O4. The van der Waals surface area contributed by atoms with Gasteiger partial charge < -0.3 is 15.1 Å². The van der Waals surface area contributed by atoms with Gasteiger partial charge in [-0.25, -0.2) is 0 Å². The normalized spacial score (nSPS) is 13.0. The maximum Gasteiger partial charge on any atom is 0.251 e. The summed E-state index contributed by atoms with van der Waals surface area (Å²) < 4.78 is 5.47. The SMILES string of the molecule is CC(=O)c1cccc(NC(=O)CN(Cc2ccc(C(=O)NC3CC3)cc2)Cc2ccco2)c1. The zero-order valence-electron chi connectivity index (χ0n) is 18.5. The Balaban J connectivity index is 1.41. The zero-order chi connectivity index (χ0) is 23.2. The molecule has 170 valence electrons. The van der Waals surface area contributed by atoms with E-state index in [4.69, 9.17) is 4.42 Å². The standard InChI is InChI=1S/C26H27N3O4/c1-18(30)21-4-2-5-23(14-21)27-25(31)17-29(16-24-6-3-13-33-24)15-19-7-9-20(10-8-19)26(32)28-22-11-12-22/h2-10,13-14,22H,11-12,15-17H2,1H3,(H,27,31)(H,28,32). The molecule has 2 aromatic carbocycles. The van der Waals surface area contributed by atoms with Gasteiger partial charge in [0.2, 0.25) is 5.91 Å². The van der Waals surface area contributed by atoms with E-state index in [1.165, 1.54) is 6.92 Å². The second-order valence-corrected chi connectivity index (χ2v) is 8.35. The molecule has 0 radical (unpaired) electrons. The summed E-state index contributed by atoms with van der Waals surface area (Å²) in [6.45, 7) is 2.59. The molecule has 0 atom stereocenters. The Morgan fingerprint density at radius 2 is 1.76 bits per heavy atom. The highest BCUT2D eigenvalue weighted by molar-refractivity contribution is 5.97. The zero-order valence-corrected chi connectivity index (χ0v) is 18.5. The van der Waals surface area contributed by atoms with Gasteiger partial charge in [-0.15, -0.1) is 0 Å². The minimum absolute atomic E-state index is 0.0522. The number of furan rings is 1. The maximum absolute atomic E-state index is 12.8. The Morgan fingerprint density at radius 3 is 2.42 bits per heavy atom. The molecule has 1 aliphatic carbocycles. The van der Waals surface area contributed by atoms with Crippen molar-refractivity contribution in [3.05, 3.63) is 89.4 Å². The molecule has 3 aromatic rings. The summed E-state index contributed by atoms with van der Waals surface area (Å²) in [6, 6.07) is 18.3. The lowest BCUT2D eigenvalue weighted by atomic mass is 10.1. The average Bonchev–Trinajstić information content (AvgIpc) is 3.46. The van der Waals surface area contributed by atoms with Gasteiger partial charge in [0.05, 0.1) is 19.4 Å². The van der Waals surface area contributed by atoms with Crippen molar-refractivity contribution in [2.75, 3.05) is 11.9 Å². The predicted molar refractivity (Wildman–Crippen MR) is 125 cm³/mol. The molecule has 0 saturated heterocycles. The Morgan fingerprint density at radius 1 is 0.970 bits per heavy atom. The Kier molecular flexibility index (Phi) is 7.00. The van der Waals surface area contributed by atoms with Gasteiger partial charge in [0, 0.05) is 29.4 Å². The van der Waals surface area contributed by atoms with Gasteiger partial charge in [-0.2, -0.15) is 0 Å². The molecule has 1 fully saturated rings. The summed E-state index contributed by atoms with van der Waals surface area (Å²) in [4.78, 5) is 38.5. The Bertz CT molecular complexity index is 1120. The largest absolute Gasteiger partial charge is 0.468 e. The quantitative estimate of drug-likeness (QED) is 0.460. The lowest BCUT2D eigenvalue weighted by Gasteiger charge is -2.21. The number of carbonyl (C=O) groups excluding carboxylic acids is 3. The van der Waals surface area contributed by atoms with Crippen molar-refractivity contribution in [3.63, 3.8) is 0 Å². The van der Waals surface area contributed by atoms with E-state index >= 15 is 0 Å². The van der Waals surface area contributed by atoms with Gasteiger partial charge in [-0.3, -0.25) is 19.3 Å². The molecule has 33 heavy (non-hydrogen) atoms. The van der Waals surface area contributed by atoms with Crippen LogP contribution in [0.2, 0.25) is 0 Å². The highest BCUT2D eigenvalue weighted by Gasteiger charge is 2.23. The number of rotatable bonds is 10. The lowest BCUT2D eigenvalue weighted by molar-refractivity contribution is -0.117. The van der Waals surface area contributed by atoms with Crippen LogP contribution in [0.1, 0.15) is 51.8 Å². The number of hydrogen-bond acceptors (Lipinski definition) is 5. The molecule has 4 rings (SSSR count). The molecule has 1 aliphatic rings. The van der Waals surface area contributed by atoms with Crippen molar-refractivity contribution in [1.82, 2.24) is 10.2 Å². The summed E-state index contributed by atoms with van der Waals surface area (Å²) in [6.07, 6.45) is 3.70. The molecule has 1 saturated carbocycles. The van der Waals surface area contributed by atoms with Crippen molar-refractivity contribution < 1.29 is 18.8 Å². The number of Topliss-reactive ketones (excluding diaryl/α,β-unsaturated/α-hetero) is 1. The summed E-state index contributed by atoms with van der Waals surface area (Å²) in [5, 5.41) is 5.85. The highest BCUT2D eigenvalue weighted by Crippen LogP contribution is 2.20. The number of amides is 2. The average molecular weight is 446 g/mol. The topological polar surface area (TPSA) is 91.7 Å². The van der Waals surface area contributed by atoms with Crippen LogP contribution >= 0.6 is 0 Å². The van der Waals surface area contributed by atoms with Crippen molar-refractivity contribution in [3.8, 4) is 0 Å². The fourth-order valence-corrected chi connectivity index (χ4v) is 3.53. The molecule has 0 spiro atoms. The molecule has 7 heteroatoms. The smallest absolute Gasteiger partial charge is 0.251 e. The van der Waals surface area contributed by atoms with Crippen LogP contribution in [0.4, 0.5) is 5.69 Å². The molecule has 0 aliphatic heterocycles. The van der Waals surface area contributed by atoms with Crippen molar-refractivity contribution in [2.24, 2.45) is 0 Å². The van der Waals surface area contributed by atoms with Crippen LogP contribution in [0.15, 0.2) is 71.3 Å². The monoisotopic (exact) mass is 445 g/mol. The Hall–Kier alpha value is -3.71. The second kappa shape index (κ2) is 10.3. The summed E-state index contributed by atoms with van der Waals surface area (Å²) in [7, 11) is 0. The molecule has 0 bridgehead atoms. The van der Waals surface area contributed by atoms with Crippen LogP contribution in [-0.4, -0.2) is 35.1 Å². The van der Waals surface area contributed by atoms with E-state index in [9.17, 15) is 14.4 Å².